The van der Waals surface area contributed by atoms with E-state index in [9.17, 15) is 0 Å². The fourth-order valence-corrected chi connectivity index (χ4v) is 4.58. The van der Waals surface area contributed by atoms with Crippen LogP contribution in [0.3, 0.4) is 0 Å². The van der Waals surface area contributed by atoms with Crippen molar-refractivity contribution in [3.63, 3.8) is 0 Å². The Bertz CT molecular complexity index is 250. The summed E-state index contributed by atoms with van der Waals surface area (Å²) in [6.45, 7) is 6.53. The van der Waals surface area contributed by atoms with Gasteiger partial charge >= 0.3 is 8.80 Å². The molecule has 0 fully saturated rings. The minimum atomic E-state index is -2.43. The predicted molar refractivity (Wildman–Crippen MR) is 98.6 cm³/mol. The molecule has 0 saturated carbocycles. The smallest absolute Gasteiger partial charge is 0.377 e. The number of hydrogen-bond acceptors (Lipinski definition) is 4. The maximum atomic E-state index is 6.36. The fourth-order valence-electron chi connectivity index (χ4n) is 2.83. The molecule has 0 aliphatic rings. The van der Waals surface area contributed by atoms with E-state index in [0.717, 1.165) is 18.9 Å². The third-order valence-electron chi connectivity index (χ3n) is 4.43. The van der Waals surface area contributed by atoms with Crippen LogP contribution in [0.15, 0.2) is 0 Å². The second kappa shape index (κ2) is 12.7. The Kier molecular flexibility index (Phi) is 14.2. The van der Waals surface area contributed by atoms with Gasteiger partial charge in [-0.3, -0.25) is 0 Å². The van der Waals surface area contributed by atoms with Gasteiger partial charge in [0.05, 0.1) is 0 Å². The van der Waals surface area contributed by atoms with Gasteiger partial charge in [-0.15, -0.1) is 12.4 Å². The van der Waals surface area contributed by atoms with Crippen LogP contribution >= 0.6 is 12.4 Å². The van der Waals surface area contributed by atoms with Crippen molar-refractivity contribution in [1.82, 2.24) is 0 Å². The van der Waals surface area contributed by atoms with Gasteiger partial charge in [0.2, 0.25) is 0 Å². The molecule has 1 unspecified atom stereocenters. The Labute approximate surface area is 145 Å². The van der Waals surface area contributed by atoms with Gasteiger partial charge in [0, 0.05) is 32.9 Å². The molecule has 2 N–H and O–H groups in total. The molecule has 0 heterocycles. The van der Waals surface area contributed by atoms with Gasteiger partial charge < -0.3 is 19.0 Å². The number of hydrogen-bond donors (Lipinski definition) is 1. The molecule has 22 heavy (non-hydrogen) atoms. The number of nitrogens with two attached hydrogens (primary N) is 1. The summed E-state index contributed by atoms with van der Waals surface area (Å²) in [6.07, 6.45) is 8.56. The summed E-state index contributed by atoms with van der Waals surface area (Å²) in [5.74, 6) is 0.548. The van der Waals surface area contributed by atoms with Crippen LogP contribution in [0.5, 0.6) is 0 Å². The van der Waals surface area contributed by atoms with E-state index >= 15 is 0 Å². The molecule has 0 saturated heterocycles. The van der Waals surface area contributed by atoms with Crippen LogP contribution < -0.4 is 5.73 Å². The molecule has 1 atom stereocenters. The normalized spacial score (nSPS) is 13.8. The molecule has 0 aromatic rings. The standard InChI is InChI=1S/C16H37NO3Si.ClH/c1-7-8-9-10-12-15(16(2,3)17)13-11-14-21(18-4,19-5)20-6;/h15H,7-14,17H2,1-6H3;1H. The molecular weight excluding hydrogens is 318 g/mol. The first-order valence-electron chi connectivity index (χ1n) is 8.29. The SMILES string of the molecule is CCCCCCC(CCC[Si](OC)(OC)OC)C(C)(C)N.Cl. The average Bonchev–Trinajstić information content (AvgIpc) is 2.45. The van der Waals surface area contributed by atoms with E-state index in [1.165, 1.54) is 32.1 Å². The quantitative estimate of drug-likeness (QED) is 0.393. The third-order valence-corrected chi connectivity index (χ3v) is 7.26. The van der Waals surface area contributed by atoms with Gasteiger partial charge in [-0.05, 0) is 39.0 Å². The number of unbranched alkanes of at least 4 members (excludes halogenated alkanes) is 3. The van der Waals surface area contributed by atoms with Crippen LogP contribution in [0.4, 0.5) is 0 Å². The minimum Gasteiger partial charge on any atom is -0.377 e. The van der Waals surface area contributed by atoms with Crippen LogP contribution in [-0.2, 0) is 13.3 Å². The topological polar surface area (TPSA) is 53.7 Å². The summed E-state index contributed by atoms with van der Waals surface area (Å²) < 4.78 is 16.4. The van der Waals surface area contributed by atoms with Crippen LogP contribution in [0, 0.1) is 5.92 Å². The zero-order valence-electron chi connectivity index (χ0n) is 15.4. The molecule has 0 rings (SSSR count). The van der Waals surface area contributed by atoms with Crippen molar-refractivity contribution in [3.8, 4) is 0 Å². The van der Waals surface area contributed by atoms with Gasteiger partial charge in [-0.2, -0.15) is 0 Å². The van der Waals surface area contributed by atoms with Crippen LogP contribution in [-0.4, -0.2) is 35.7 Å². The lowest BCUT2D eigenvalue weighted by Crippen LogP contribution is -2.44. The average molecular weight is 356 g/mol. The first-order chi connectivity index (χ1) is 9.85. The summed E-state index contributed by atoms with van der Waals surface area (Å²) in [4.78, 5) is 0. The second-order valence-corrected chi connectivity index (χ2v) is 9.65. The zero-order chi connectivity index (χ0) is 16.4. The van der Waals surface area contributed by atoms with E-state index < -0.39 is 8.80 Å². The maximum Gasteiger partial charge on any atom is 0.500 e. The molecule has 0 amide bonds. The van der Waals surface area contributed by atoms with E-state index in [-0.39, 0.29) is 17.9 Å². The van der Waals surface area contributed by atoms with Crippen LogP contribution in [0.1, 0.15) is 65.7 Å². The Morgan fingerprint density at radius 3 is 1.82 bits per heavy atom. The summed E-state index contributed by atoms with van der Waals surface area (Å²) in [5, 5.41) is 0. The third kappa shape index (κ3) is 9.48. The molecule has 0 radical (unpaired) electrons. The first-order valence-corrected chi connectivity index (χ1v) is 10.2. The van der Waals surface area contributed by atoms with Gasteiger partial charge in [-0.1, -0.05) is 32.6 Å². The van der Waals surface area contributed by atoms with Crippen molar-refractivity contribution >= 4 is 21.2 Å². The van der Waals surface area contributed by atoms with Gasteiger partial charge in [0.1, 0.15) is 0 Å². The lowest BCUT2D eigenvalue weighted by atomic mass is 9.81. The lowest BCUT2D eigenvalue weighted by Gasteiger charge is -2.32. The van der Waals surface area contributed by atoms with E-state index in [2.05, 4.69) is 20.8 Å². The Balaban J connectivity index is 0. The minimum absolute atomic E-state index is 0. The van der Waals surface area contributed by atoms with Gasteiger partial charge in [0.25, 0.3) is 0 Å². The molecule has 4 nitrogen and oxygen atoms in total. The highest BCUT2D eigenvalue weighted by molar-refractivity contribution is 6.60. The first kappa shape index (κ1) is 24.6. The largest absolute Gasteiger partial charge is 0.500 e. The second-order valence-electron chi connectivity index (χ2n) is 6.56. The van der Waals surface area contributed by atoms with Crippen molar-refractivity contribution in [1.29, 1.82) is 0 Å². The molecule has 0 aromatic carbocycles. The van der Waals surface area contributed by atoms with Gasteiger partial charge in [-0.25, -0.2) is 0 Å². The van der Waals surface area contributed by atoms with Crippen molar-refractivity contribution < 1.29 is 13.3 Å². The molecule has 0 aromatic heterocycles. The summed E-state index contributed by atoms with van der Waals surface area (Å²) in [7, 11) is 2.60. The van der Waals surface area contributed by atoms with Crippen molar-refractivity contribution in [3.05, 3.63) is 0 Å². The Hall–Kier alpha value is 0.347. The van der Waals surface area contributed by atoms with Crippen LogP contribution in [0.2, 0.25) is 6.04 Å². The summed E-state index contributed by atoms with van der Waals surface area (Å²) >= 11 is 0. The molecule has 0 aliphatic heterocycles. The highest BCUT2D eigenvalue weighted by Gasteiger charge is 2.37. The van der Waals surface area contributed by atoms with E-state index in [1.54, 1.807) is 21.3 Å². The molecule has 6 heteroatoms. The molecule has 0 spiro atoms. The highest BCUT2D eigenvalue weighted by atomic mass is 35.5. The molecule has 0 bridgehead atoms. The zero-order valence-corrected chi connectivity index (χ0v) is 17.3. The highest BCUT2D eigenvalue weighted by Crippen LogP contribution is 2.28. The van der Waals surface area contributed by atoms with Crippen molar-refractivity contribution in [2.24, 2.45) is 11.7 Å². The number of halogens is 1. The van der Waals surface area contributed by atoms with E-state index in [0.29, 0.717) is 5.92 Å². The number of rotatable bonds is 13. The maximum absolute atomic E-state index is 6.36. The monoisotopic (exact) mass is 355 g/mol. The van der Waals surface area contributed by atoms with E-state index in [4.69, 9.17) is 19.0 Å². The van der Waals surface area contributed by atoms with Crippen LogP contribution in [0.25, 0.3) is 0 Å². The molecule has 136 valence electrons. The predicted octanol–water partition coefficient (Wildman–Crippen LogP) is 4.39. The van der Waals surface area contributed by atoms with E-state index in [1.807, 2.05) is 0 Å². The van der Waals surface area contributed by atoms with Crippen molar-refractivity contribution in [2.45, 2.75) is 77.3 Å². The molecule has 0 aliphatic carbocycles. The summed E-state index contributed by atoms with van der Waals surface area (Å²) in [6, 6.07) is 0.859. The Morgan fingerprint density at radius 1 is 0.909 bits per heavy atom. The molecular formula is C16H38ClNO3Si. The lowest BCUT2D eigenvalue weighted by molar-refractivity contribution is 0.121. The fraction of sp³-hybridized carbons (Fsp3) is 1.00. The van der Waals surface area contributed by atoms with Gasteiger partial charge in [0.15, 0.2) is 0 Å². The Morgan fingerprint density at radius 2 is 1.41 bits per heavy atom. The summed E-state index contributed by atoms with van der Waals surface area (Å²) in [5.41, 5.74) is 6.24. The van der Waals surface area contributed by atoms with Crippen molar-refractivity contribution in [2.75, 3.05) is 21.3 Å².